The minimum Gasteiger partial charge on any atom is -0.356 e. The van der Waals surface area contributed by atoms with Gasteiger partial charge in [-0.3, -0.25) is 4.79 Å². The zero-order valence-electron chi connectivity index (χ0n) is 4.94. The Morgan fingerprint density at radius 1 is 1.67 bits per heavy atom. The van der Waals surface area contributed by atoms with Gasteiger partial charge in [0.25, 0.3) is 0 Å². The highest BCUT2D eigenvalue weighted by atomic mass is 127. The first-order valence-electron chi connectivity index (χ1n) is 2.55. The van der Waals surface area contributed by atoms with Crippen LogP contribution in [0.4, 0.5) is 0 Å². The fraction of sp³-hybridized carbons (Fsp3) is 0.167. The molecule has 1 rings (SSSR count). The molecule has 0 spiro atoms. The Labute approximate surface area is 66.4 Å². The summed E-state index contributed by atoms with van der Waals surface area (Å²) in [7, 11) is 0. The summed E-state index contributed by atoms with van der Waals surface area (Å²) in [6.45, 7) is 1.79. The second-order valence-corrected chi connectivity index (χ2v) is 2.99. The van der Waals surface area contributed by atoms with Crippen molar-refractivity contribution in [1.29, 1.82) is 0 Å². The number of rotatable bonds is 0. The maximum Gasteiger partial charge on any atom is 0.185 e. The van der Waals surface area contributed by atoms with Gasteiger partial charge in [0, 0.05) is 17.8 Å². The van der Waals surface area contributed by atoms with Crippen LogP contribution in [0.1, 0.15) is 5.56 Å². The normalized spacial score (nSPS) is 9.56. The van der Waals surface area contributed by atoms with Gasteiger partial charge in [0.05, 0.1) is 3.70 Å². The van der Waals surface area contributed by atoms with Crippen LogP contribution >= 0.6 is 22.6 Å². The molecule has 0 fully saturated rings. The van der Waals surface area contributed by atoms with Crippen LogP contribution in [0.15, 0.2) is 17.1 Å². The third kappa shape index (κ3) is 1.54. The molecule has 1 N–H and O–H groups in total. The highest BCUT2D eigenvalue weighted by Gasteiger charge is 1.90. The molecule has 0 bridgehead atoms. The van der Waals surface area contributed by atoms with E-state index in [9.17, 15) is 4.79 Å². The van der Waals surface area contributed by atoms with E-state index in [2.05, 4.69) is 27.6 Å². The van der Waals surface area contributed by atoms with Gasteiger partial charge in [-0.25, -0.2) is 0 Å². The molecule has 1 heterocycles. The molecule has 0 amide bonds. The van der Waals surface area contributed by atoms with E-state index in [1.807, 2.05) is 0 Å². The molecular weight excluding hydrogens is 229 g/mol. The van der Waals surface area contributed by atoms with Crippen molar-refractivity contribution >= 4 is 22.6 Å². The predicted molar refractivity (Wildman–Crippen MR) is 44.5 cm³/mol. The first-order chi connectivity index (χ1) is 4.20. The van der Waals surface area contributed by atoms with Gasteiger partial charge >= 0.3 is 0 Å². The molecule has 1 aromatic heterocycles. The standard InChI is InChI=1S/C6H6INO/c1-4-3-8-6(7)2-5(4)9/h2-3H,1H3,(H,8,9). The lowest BCUT2D eigenvalue weighted by Crippen LogP contribution is -2.04. The number of hydrogen-bond acceptors (Lipinski definition) is 1. The van der Waals surface area contributed by atoms with Crippen LogP contribution in [0.2, 0.25) is 0 Å². The maximum absolute atomic E-state index is 10.8. The van der Waals surface area contributed by atoms with Crippen molar-refractivity contribution in [3.63, 3.8) is 0 Å². The highest BCUT2D eigenvalue weighted by Crippen LogP contribution is 1.94. The summed E-state index contributed by atoms with van der Waals surface area (Å²) in [5.74, 6) is 0. The molecular formula is C6H6INO. The molecule has 0 aliphatic heterocycles. The number of H-pyrrole nitrogens is 1. The van der Waals surface area contributed by atoms with Crippen molar-refractivity contribution < 1.29 is 0 Å². The van der Waals surface area contributed by atoms with E-state index in [0.717, 1.165) is 9.26 Å². The van der Waals surface area contributed by atoms with Crippen LogP contribution in [-0.4, -0.2) is 4.98 Å². The van der Waals surface area contributed by atoms with Gasteiger partial charge in [0.1, 0.15) is 0 Å². The number of aromatic nitrogens is 1. The molecule has 3 heteroatoms. The molecule has 0 unspecified atom stereocenters. The van der Waals surface area contributed by atoms with Crippen LogP contribution in [-0.2, 0) is 0 Å². The monoisotopic (exact) mass is 235 g/mol. The SMILES string of the molecule is Cc1c[nH]c(I)cc1=O. The van der Waals surface area contributed by atoms with E-state index < -0.39 is 0 Å². The number of aryl methyl sites for hydroxylation is 1. The maximum atomic E-state index is 10.8. The first-order valence-corrected chi connectivity index (χ1v) is 3.63. The zero-order chi connectivity index (χ0) is 6.85. The summed E-state index contributed by atoms with van der Waals surface area (Å²) in [5.41, 5.74) is 0.855. The second-order valence-electron chi connectivity index (χ2n) is 1.83. The van der Waals surface area contributed by atoms with Crippen LogP contribution in [0.25, 0.3) is 0 Å². The van der Waals surface area contributed by atoms with Gasteiger partial charge in [-0.15, -0.1) is 0 Å². The van der Waals surface area contributed by atoms with Gasteiger partial charge in [0.2, 0.25) is 0 Å². The summed E-state index contributed by atoms with van der Waals surface area (Å²) in [6.07, 6.45) is 1.71. The van der Waals surface area contributed by atoms with E-state index in [4.69, 9.17) is 0 Å². The molecule has 0 atom stereocenters. The number of pyridine rings is 1. The molecule has 0 saturated heterocycles. The molecule has 0 aliphatic carbocycles. The molecule has 0 radical (unpaired) electrons. The average Bonchev–Trinajstić information content (AvgIpc) is 1.80. The third-order valence-electron chi connectivity index (χ3n) is 1.07. The number of halogens is 1. The molecule has 0 aromatic carbocycles. The molecule has 1 aromatic rings. The zero-order valence-corrected chi connectivity index (χ0v) is 7.10. The minimum absolute atomic E-state index is 0.0955. The van der Waals surface area contributed by atoms with Crippen molar-refractivity contribution in [2.75, 3.05) is 0 Å². The second kappa shape index (κ2) is 2.51. The van der Waals surface area contributed by atoms with E-state index in [-0.39, 0.29) is 5.43 Å². The molecule has 0 aliphatic rings. The van der Waals surface area contributed by atoms with E-state index in [0.29, 0.717) is 0 Å². The molecule has 9 heavy (non-hydrogen) atoms. The van der Waals surface area contributed by atoms with E-state index in [1.54, 1.807) is 19.2 Å². The summed E-state index contributed by atoms with van der Waals surface area (Å²) < 4.78 is 0.878. The van der Waals surface area contributed by atoms with Crippen molar-refractivity contribution in [2.24, 2.45) is 0 Å². The molecule has 48 valence electrons. The highest BCUT2D eigenvalue weighted by molar-refractivity contribution is 14.1. The fourth-order valence-corrected chi connectivity index (χ4v) is 0.957. The van der Waals surface area contributed by atoms with Crippen LogP contribution in [0.3, 0.4) is 0 Å². The van der Waals surface area contributed by atoms with Gasteiger partial charge in [0.15, 0.2) is 5.43 Å². The fourth-order valence-electron chi connectivity index (χ4n) is 0.519. The first kappa shape index (κ1) is 6.80. The Hall–Kier alpha value is -0.320. The lowest BCUT2D eigenvalue weighted by Gasteiger charge is -1.89. The summed E-state index contributed by atoms with van der Waals surface area (Å²) in [5, 5.41) is 0. The summed E-state index contributed by atoms with van der Waals surface area (Å²) >= 11 is 2.07. The lowest BCUT2D eigenvalue weighted by atomic mass is 10.3. The quantitative estimate of drug-likeness (QED) is 0.533. The Morgan fingerprint density at radius 3 is 2.78 bits per heavy atom. The third-order valence-corrected chi connectivity index (χ3v) is 1.70. The predicted octanol–water partition coefficient (Wildman–Crippen LogP) is 1.29. The van der Waals surface area contributed by atoms with E-state index >= 15 is 0 Å². The van der Waals surface area contributed by atoms with Crippen LogP contribution < -0.4 is 5.43 Å². The Morgan fingerprint density at radius 2 is 2.33 bits per heavy atom. The van der Waals surface area contributed by atoms with Crippen molar-refractivity contribution in [3.8, 4) is 0 Å². The number of aromatic amines is 1. The van der Waals surface area contributed by atoms with Crippen LogP contribution in [0, 0.1) is 10.6 Å². The van der Waals surface area contributed by atoms with Gasteiger partial charge in [-0.05, 0) is 29.5 Å². The van der Waals surface area contributed by atoms with E-state index in [1.165, 1.54) is 0 Å². The van der Waals surface area contributed by atoms with Crippen molar-refractivity contribution in [3.05, 3.63) is 31.8 Å². The Balaban J connectivity index is 3.34. The molecule has 0 saturated carbocycles. The Bertz CT molecular complexity index is 266. The topological polar surface area (TPSA) is 32.9 Å². The molecule has 2 nitrogen and oxygen atoms in total. The smallest absolute Gasteiger partial charge is 0.185 e. The van der Waals surface area contributed by atoms with Crippen molar-refractivity contribution in [2.45, 2.75) is 6.92 Å². The average molecular weight is 235 g/mol. The Kier molecular flexibility index (Phi) is 1.90. The van der Waals surface area contributed by atoms with Gasteiger partial charge in [-0.2, -0.15) is 0 Å². The minimum atomic E-state index is 0.0955. The largest absolute Gasteiger partial charge is 0.356 e. The van der Waals surface area contributed by atoms with Crippen molar-refractivity contribution in [1.82, 2.24) is 4.98 Å². The summed E-state index contributed by atoms with van der Waals surface area (Å²) in [6, 6.07) is 1.58. The van der Waals surface area contributed by atoms with Gasteiger partial charge < -0.3 is 4.98 Å². The lowest BCUT2D eigenvalue weighted by molar-refractivity contribution is 1.20. The number of hydrogen-bond donors (Lipinski definition) is 1. The van der Waals surface area contributed by atoms with Crippen LogP contribution in [0.5, 0.6) is 0 Å². The summed E-state index contributed by atoms with van der Waals surface area (Å²) in [4.78, 5) is 13.7. The number of nitrogens with one attached hydrogen (secondary N) is 1. The van der Waals surface area contributed by atoms with Gasteiger partial charge in [-0.1, -0.05) is 0 Å².